The molecule has 0 aliphatic carbocycles. The molecule has 0 bridgehead atoms. The van der Waals surface area contributed by atoms with E-state index in [9.17, 15) is 8.42 Å². The zero-order valence-corrected chi connectivity index (χ0v) is 21.1. The molecule has 0 spiro atoms. The highest BCUT2D eigenvalue weighted by Gasteiger charge is 2.22. The van der Waals surface area contributed by atoms with Crippen LogP contribution in [0.5, 0.6) is 0 Å². The van der Waals surface area contributed by atoms with E-state index in [0.717, 1.165) is 7.11 Å². The van der Waals surface area contributed by atoms with Crippen molar-refractivity contribution in [3.63, 3.8) is 0 Å². The van der Waals surface area contributed by atoms with Gasteiger partial charge in [-0.1, -0.05) is 90.4 Å². The minimum atomic E-state index is -4.16. The molecule has 1 aliphatic rings. The van der Waals surface area contributed by atoms with E-state index < -0.39 is 10.4 Å². The lowest BCUT2D eigenvalue weighted by atomic mass is 10.0. The van der Waals surface area contributed by atoms with Crippen molar-refractivity contribution in [3.05, 3.63) is 11.8 Å². The molecule has 1 atom stereocenters. The van der Waals surface area contributed by atoms with Crippen LogP contribution in [0.1, 0.15) is 111 Å². The Morgan fingerprint density at radius 2 is 1.27 bits per heavy atom. The summed E-state index contributed by atoms with van der Waals surface area (Å²) in [6.45, 7) is 8.02. The highest BCUT2D eigenvalue weighted by atomic mass is 32.3. The van der Waals surface area contributed by atoms with E-state index in [1.165, 1.54) is 102 Å². The maximum absolute atomic E-state index is 9.33. The van der Waals surface area contributed by atoms with Gasteiger partial charge < -0.3 is 5.01 Å². The third kappa shape index (κ3) is 16.1. The van der Waals surface area contributed by atoms with Crippen LogP contribution in [0.3, 0.4) is 0 Å². The molecule has 0 radical (unpaired) electrons. The molecule has 1 rings (SSSR count). The van der Waals surface area contributed by atoms with Gasteiger partial charge in [0.15, 0.2) is 0 Å². The van der Waals surface area contributed by atoms with Crippen molar-refractivity contribution >= 4 is 10.4 Å². The van der Waals surface area contributed by atoms with Gasteiger partial charge in [-0.3, -0.25) is 8.74 Å². The molecule has 1 aliphatic heterocycles. The van der Waals surface area contributed by atoms with Gasteiger partial charge in [-0.25, -0.2) is 5.01 Å². The van der Waals surface area contributed by atoms with Crippen LogP contribution in [0.2, 0.25) is 0 Å². The van der Waals surface area contributed by atoms with Crippen LogP contribution >= 0.6 is 0 Å². The summed E-state index contributed by atoms with van der Waals surface area (Å²) in [4.78, 5) is 0. The lowest BCUT2D eigenvalue weighted by Gasteiger charge is -2.30. The first kappa shape index (κ1) is 29.4. The van der Waals surface area contributed by atoms with Crippen LogP contribution in [-0.4, -0.2) is 49.7 Å². The second-order valence-electron chi connectivity index (χ2n) is 8.43. The molecule has 0 aromatic carbocycles. The fraction of sp³-hybridized carbons (Fsp3) is 0.913. The van der Waals surface area contributed by atoms with E-state index in [0.29, 0.717) is 6.04 Å². The number of nitrogens with zero attached hydrogens (tertiary/aromatic N) is 2. The molecule has 0 saturated heterocycles. The minimum absolute atomic E-state index is 0.581. The topological polar surface area (TPSA) is 70.1 Å². The maximum atomic E-state index is 9.33. The molecule has 1 heterocycles. The Balaban J connectivity index is 0.00000122. The van der Waals surface area contributed by atoms with Crippen LogP contribution in [0.4, 0.5) is 0 Å². The summed E-state index contributed by atoms with van der Waals surface area (Å²) in [5, 5.41) is 4.82. The average Bonchev–Trinajstić information content (AvgIpc) is 2.94. The van der Waals surface area contributed by atoms with Crippen LogP contribution in [-0.2, 0) is 14.6 Å². The van der Waals surface area contributed by atoms with E-state index >= 15 is 0 Å². The fourth-order valence-electron chi connectivity index (χ4n) is 3.84. The molecule has 1 unspecified atom stereocenters. The Kier molecular flexibility index (Phi) is 17.6. The van der Waals surface area contributed by atoms with Gasteiger partial charge in [-0.15, -0.1) is 0 Å². The van der Waals surface area contributed by atoms with Crippen molar-refractivity contribution in [1.29, 1.82) is 0 Å². The predicted octanol–water partition coefficient (Wildman–Crippen LogP) is 6.36. The van der Waals surface area contributed by atoms with E-state index in [-0.39, 0.29) is 0 Å². The number of hydrazine groups is 1. The minimum Gasteiger partial charge on any atom is -0.313 e. The second kappa shape index (κ2) is 18.0. The van der Waals surface area contributed by atoms with Crippen molar-refractivity contribution in [2.75, 3.05) is 20.7 Å². The molecule has 0 aromatic heterocycles. The molecule has 30 heavy (non-hydrogen) atoms. The van der Waals surface area contributed by atoms with Gasteiger partial charge in [0.1, 0.15) is 0 Å². The smallest absolute Gasteiger partial charge is 0.313 e. The third-order valence-corrected chi connectivity index (χ3v) is 6.22. The first-order chi connectivity index (χ1) is 14.2. The molecule has 0 saturated carbocycles. The Hall–Kier alpha value is -0.630. The molecule has 6 nitrogen and oxygen atoms in total. The van der Waals surface area contributed by atoms with Crippen molar-refractivity contribution in [2.24, 2.45) is 0 Å². The SMILES string of the molecule is CCCCCCCCCCCCCCCCN1C(C)C=C(C)N1C.COS(=O)(=O)O. The van der Waals surface area contributed by atoms with Gasteiger partial charge in [0.05, 0.1) is 7.11 Å². The number of rotatable bonds is 16. The summed E-state index contributed by atoms with van der Waals surface area (Å²) in [5.74, 6) is 0. The number of hydrogen-bond acceptors (Lipinski definition) is 5. The van der Waals surface area contributed by atoms with Crippen molar-refractivity contribution < 1.29 is 17.2 Å². The van der Waals surface area contributed by atoms with E-state index in [2.05, 4.69) is 48.1 Å². The fourth-order valence-corrected chi connectivity index (χ4v) is 3.84. The third-order valence-electron chi connectivity index (χ3n) is 5.80. The second-order valence-corrected chi connectivity index (χ2v) is 9.61. The highest BCUT2D eigenvalue weighted by Crippen LogP contribution is 2.20. The predicted molar refractivity (Wildman–Crippen MR) is 127 cm³/mol. The van der Waals surface area contributed by atoms with Gasteiger partial charge in [0.25, 0.3) is 0 Å². The highest BCUT2D eigenvalue weighted by molar-refractivity contribution is 7.80. The molecule has 0 aromatic rings. The monoisotopic (exact) mass is 448 g/mol. The average molecular weight is 449 g/mol. The normalized spacial score (nSPS) is 17.1. The van der Waals surface area contributed by atoms with Gasteiger partial charge >= 0.3 is 10.4 Å². The van der Waals surface area contributed by atoms with Gasteiger partial charge in [-0.2, -0.15) is 8.42 Å². The van der Waals surface area contributed by atoms with E-state index in [4.69, 9.17) is 4.55 Å². The van der Waals surface area contributed by atoms with Crippen molar-refractivity contribution in [3.8, 4) is 0 Å². The van der Waals surface area contributed by atoms with Crippen LogP contribution < -0.4 is 0 Å². The summed E-state index contributed by atoms with van der Waals surface area (Å²) in [5.41, 5.74) is 1.40. The Morgan fingerprint density at radius 3 is 1.57 bits per heavy atom. The molecule has 180 valence electrons. The Bertz CT molecular complexity index is 537. The van der Waals surface area contributed by atoms with Crippen LogP contribution in [0, 0.1) is 0 Å². The summed E-state index contributed by atoms with van der Waals surface area (Å²) in [7, 11) is -1.10. The largest absolute Gasteiger partial charge is 0.397 e. The Labute approximate surface area is 187 Å². The van der Waals surface area contributed by atoms with Gasteiger partial charge in [0.2, 0.25) is 0 Å². The van der Waals surface area contributed by atoms with E-state index in [1.807, 2.05) is 0 Å². The molecule has 1 N–H and O–H groups in total. The van der Waals surface area contributed by atoms with Crippen molar-refractivity contribution in [2.45, 2.75) is 117 Å². The van der Waals surface area contributed by atoms with E-state index in [1.54, 1.807) is 0 Å². The number of unbranched alkanes of at least 4 members (excludes halogenated alkanes) is 13. The summed E-state index contributed by atoms with van der Waals surface area (Å²) in [6.07, 6.45) is 22.5. The zero-order chi connectivity index (χ0) is 22.8. The zero-order valence-electron chi connectivity index (χ0n) is 20.2. The first-order valence-electron chi connectivity index (χ1n) is 11.9. The standard InChI is InChI=1S/C22H44N2.CH4O4S/c1-5-6-7-8-9-10-11-12-13-14-15-16-17-18-19-24-22(3)20-21(2)23(24)4;1-5-6(2,3)4/h20,22H,5-19H2,1-4H3;1H3,(H,2,3,4). The molecular weight excluding hydrogens is 400 g/mol. The van der Waals surface area contributed by atoms with Crippen LogP contribution in [0.15, 0.2) is 11.8 Å². The number of allylic oxidation sites excluding steroid dienone is 1. The van der Waals surface area contributed by atoms with Gasteiger partial charge in [0, 0.05) is 25.3 Å². The lowest BCUT2D eigenvalue weighted by Crippen LogP contribution is -2.39. The van der Waals surface area contributed by atoms with Gasteiger partial charge in [-0.05, 0) is 26.3 Å². The van der Waals surface area contributed by atoms with Crippen molar-refractivity contribution in [1.82, 2.24) is 10.0 Å². The Morgan fingerprint density at radius 1 is 0.900 bits per heavy atom. The molecular formula is C23H48N2O4S. The quantitative estimate of drug-likeness (QED) is 0.219. The molecule has 0 fully saturated rings. The maximum Gasteiger partial charge on any atom is 0.397 e. The van der Waals surface area contributed by atoms with Crippen LogP contribution in [0.25, 0.3) is 0 Å². The summed E-state index contributed by atoms with van der Waals surface area (Å²) in [6, 6.07) is 0.581. The molecule has 7 heteroatoms. The first-order valence-corrected chi connectivity index (χ1v) is 13.3. The lowest BCUT2D eigenvalue weighted by molar-refractivity contribution is 0.0343. The number of hydrogen-bond donors (Lipinski definition) is 1. The molecule has 0 amide bonds. The summed E-state index contributed by atoms with van der Waals surface area (Å²) >= 11 is 0. The summed E-state index contributed by atoms with van der Waals surface area (Å²) < 4.78 is 29.7.